The fourth-order valence-corrected chi connectivity index (χ4v) is 1.77. The summed E-state index contributed by atoms with van der Waals surface area (Å²) in [5, 5.41) is 12.3. The third kappa shape index (κ3) is 4.31. The monoisotopic (exact) mass is 281 g/mol. The number of nitrogens with one attached hydrogen (secondary N) is 1. The van der Waals surface area contributed by atoms with Gasteiger partial charge in [-0.2, -0.15) is 5.26 Å². The maximum absolute atomic E-state index is 9.09. The summed E-state index contributed by atoms with van der Waals surface area (Å²) in [6.45, 7) is 1.73. The van der Waals surface area contributed by atoms with Gasteiger partial charge in [0.05, 0.1) is 6.07 Å². The first-order chi connectivity index (χ1) is 7.63. The van der Waals surface area contributed by atoms with Gasteiger partial charge in [0, 0.05) is 17.6 Å². The summed E-state index contributed by atoms with van der Waals surface area (Å²) >= 11 is 3.41. The second-order valence-corrected chi connectivity index (χ2v) is 4.79. The normalized spacial score (nSPS) is 12.4. The van der Waals surface area contributed by atoms with Gasteiger partial charge in [-0.25, -0.2) is 0 Å². The Hall–Kier alpha value is -0.890. The molecule has 86 valence electrons. The molecular formula is C12H16BrN3. The maximum Gasteiger partial charge on any atom is 0.121 e. The molecule has 0 aliphatic rings. The van der Waals surface area contributed by atoms with Gasteiger partial charge >= 0.3 is 0 Å². The molecule has 0 aliphatic carbocycles. The highest BCUT2D eigenvalue weighted by atomic mass is 79.9. The molecule has 1 atom stereocenters. The Kier molecular flexibility index (Phi) is 5.47. The first-order valence-corrected chi connectivity index (χ1v) is 5.96. The van der Waals surface area contributed by atoms with Crippen LogP contribution in [0.5, 0.6) is 0 Å². The minimum Gasteiger partial charge on any atom is -0.308 e. The molecule has 1 unspecified atom stereocenters. The second-order valence-electron chi connectivity index (χ2n) is 3.87. The number of benzene rings is 1. The van der Waals surface area contributed by atoms with Gasteiger partial charge < -0.3 is 4.90 Å². The SMILES string of the molecule is CN(C)CCNC(C#N)c1cccc(Br)c1. The molecule has 4 heteroatoms. The van der Waals surface area contributed by atoms with Crippen LogP contribution in [0.25, 0.3) is 0 Å². The van der Waals surface area contributed by atoms with Crippen molar-refractivity contribution in [1.82, 2.24) is 10.2 Å². The van der Waals surface area contributed by atoms with Crippen molar-refractivity contribution in [1.29, 1.82) is 5.26 Å². The fourth-order valence-electron chi connectivity index (χ4n) is 1.36. The molecule has 1 aromatic rings. The summed E-state index contributed by atoms with van der Waals surface area (Å²) in [6, 6.07) is 9.86. The van der Waals surface area contributed by atoms with Crippen molar-refractivity contribution in [2.24, 2.45) is 0 Å². The van der Waals surface area contributed by atoms with Crippen molar-refractivity contribution in [3.8, 4) is 6.07 Å². The number of nitriles is 1. The molecule has 1 rings (SSSR count). The van der Waals surface area contributed by atoms with Crippen LogP contribution in [0.3, 0.4) is 0 Å². The Balaban J connectivity index is 2.58. The van der Waals surface area contributed by atoms with Crippen LogP contribution in [-0.4, -0.2) is 32.1 Å². The van der Waals surface area contributed by atoms with Crippen molar-refractivity contribution >= 4 is 15.9 Å². The van der Waals surface area contributed by atoms with Crippen LogP contribution in [0.2, 0.25) is 0 Å². The van der Waals surface area contributed by atoms with Gasteiger partial charge in [0.15, 0.2) is 0 Å². The summed E-state index contributed by atoms with van der Waals surface area (Å²) in [4.78, 5) is 2.09. The van der Waals surface area contributed by atoms with E-state index >= 15 is 0 Å². The molecule has 0 saturated carbocycles. The van der Waals surface area contributed by atoms with Crippen molar-refractivity contribution < 1.29 is 0 Å². The zero-order chi connectivity index (χ0) is 12.0. The number of nitrogens with zero attached hydrogens (tertiary/aromatic N) is 2. The molecule has 0 aliphatic heterocycles. The molecule has 0 bridgehead atoms. The van der Waals surface area contributed by atoms with Crippen molar-refractivity contribution in [3.05, 3.63) is 34.3 Å². The third-order valence-corrected chi connectivity index (χ3v) is 2.71. The predicted molar refractivity (Wildman–Crippen MR) is 69.1 cm³/mol. The smallest absolute Gasteiger partial charge is 0.121 e. The maximum atomic E-state index is 9.09. The highest BCUT2D eigenvalue weighted by molar-refractivity contribution is 9.10. The Morgan fingerprint density at radius 3 is 2.81 bits per heavy atom. The van der Waals surface area contributed by atoms with E-state index in [2.05, 4.69) is 32.2 Å². The van der Waals surface area contributed by atoms with E-state index in [1.54, 1.807) is 0 Å². The first-order valence-electron chi connectivity index (χ1n) is 5.16. The van der Waals surface area contributed by atoms with E-state index in [4.69, 9.17) is 5.26 Å². The van der Waals surface area contributed by atoms with Crippen LogP contribution < -0.4 is 5.32 Å². The Morgan fingerprint density at radius 2 is 2.25 bits per heavy atom. The molecule has 16 heavy (non-hydrogen) atoms. The molecule has 0 amide bonds. The second kappa shape index (κ2) is 6.64. The number of likely N-dealkylation sites (N-methyl/N-ethyl adjacent to an activating group) is 1. The lowest BCUT2D eigenvalue weighted by atomic mass is 10.1. The molecular weight excluding hydrogens is 266 g/mol. The molecule has 0 aromatic heterocycles. The topological polar surface area (TPSA) is 39.1 Å². The molecule has 3 nitrogen and oxygen atoms in total. The summed E-state index contributed by atoms with van der Waals surface area (Å²) in [7, 11) is 4.03. The average molecular weight is 282 g/mol. The van der Waals surface area contributed by atoms with Crippen LogP contribution in [0, 0.1) is 11.3 Å². The third-order valence-electron chi connectivity index (χ3n) is 2.22. The van der Waals surface area contributed by atoms with Crippen molar-refractivity contribution in [2.45, 2.75) is 6.04 Å². The quantitative estimate of drug-likeness (QED) is 0.899. The lowest BCUT2D eigenvalue weighted by Gasteiger charge is -2.14. The van der Waals surface area contributed by atoms with Gasteiger partial charge in [0.1, 0.15) is 6.04 Å². The molecule has 1 aromatic carbocycles. The van der Waals surface area contributed by atoms with E-state index in [0.29, 0.717) is 0 Å². The van der Waals surface area contributed by atoms with Gasteiger partial charge in [0.2, 0.25) is 0 Å². The first kappa shape index (κ1) is 13.2. The van der Waals surface area contributed by atoms with Gasteiger partial charge in [0.25, 0.3) is 0 Å². The van der Waals surface area contributed by atoms with Crippen LogP contribution >= 0.6 is 15.9 Å². The van der Waals surface area contributed by atoms with E-state index in [1.165, 1.54) is 0 Å². The summed E-state index contributed by atoms with van der Waals surface area (Å²) < 4.78 is 1.000. The number of rotatable bonds is 5. The molecule has 0 saturated heterocycles. The van der Waals surface area contributed by atoms with E-state index in [0.717, 1.165) is 23.1 Å². The summed E-state index contributed by atoms with van der Waals surface area (Å²) in [5.41, 5.74) is 0.996. The number of hydrogen-bond donors (Lipinski definition) is 1. The molecule has 0 heterocycles. The predicted octanol–water partition coefficient (Wildman–Crippen LogP) is 2.16. The lowest BCUT2D eigenvalue weighted by Crippen LogP contribution is -2.29. The average Bonchev–Trinajstić information content (AvgIpc) is 2.24. The van der Waals surface area contributed by atoms with Crippen LogP contribution in [-0.2, 0) is 0 Å². The van der Waals surface area contributed by atoms with E-state index in [9.17, 15) is 0 Å². The standard InChI is InChI=1S/C12H16BrN3/c1-16(2)7-6-15-12(9-14)10-4-3-5-11(13)8-10/h3-5,8,12,15H,6-7H2,1-2H3. The molecule has 0 spiro atoms. The van der Waals surface area contributed by atoms with Crippen molar-refractivity contribution in [2.75, 3.05) is 27.2 Å². The van der Waals surface area contributed by atoms with Gasteiger partial charge in [-0.15, -0.1) is 0 Å². The Bertz CT molecular complexity index is 371. The van der Waals surface area contributed by atoms with E-state index in [-0.39, 0.29) is 6.04 Å². The van der Waals surface area contributed by atoms with E-state index in [1.807, 2.05) is 38.4 Å². The highest BCUT2D eigenvalue weighted by Gasteiger charge is 2.09. The van der Waals surface area contributed by atoms with Crippen LogP contribution in [0.4, 0.5) is 0 Å². The molecule has 0 fully saturated rings. The van der Waals surface area contributed by atoms with Crippen molar-refractivity contribution in [3.63, 3.8) is 0 Å². The van der Waals surface area contributed by atoms with Crippen LogP contribution in [0.15, 0.2) is 28.7 Å². The minimum absolute atomic E-state index is 0.238. The number of halogens is 1. The minimum atomic E-state index is -0.238. The van der Waals surface area contributed by atoms with Crippen LogP contribution in [0.1, 0.15) is 11.6 Å². The van der Waals surface area contributed by atoms with Gasteiger partial charge in [-0.05, 0) is 31.8 Å². The summed E-state index contributed by atoms with van der Waals surface area (Å²) in [6.07, 6.45) is 0. The van der Waals surface area contributed by atoms with Gasteiger partial charge in [-0.1, -0.05) is 28.1 Å². The molecule has 1 N–H and O–H groups in total. The zero-order valence-corrected chi connectivity index (χ0v) is 11.2. The molecule has 0 radical (unpaired) electrons. The number of hydrogen-bond acceptors (Lipinski definition) is 3. The Morgan fingerprint density at radius 1 is 1.50 bits per heavy atom. The highest BCUT2D eigenvalue weighted by Crippen LogP contribution is 2.17. The Labute approximate surface area is 105 Å². The summed E-state index contributed by atoms with van der Waals surface area (Å²) in [5.74, 6) is 0. The zero-order valence-electron chi connectivity index (χ0n) is 9.57. The van der Waals surface area contributed by atoms with Gasteiger partial charge in [-0.3, -0.25) is 5.32 Å². The lowest BCUT2D eigenvalue weighted by molar-refractivity contribution is 0.395. The largest absolute Gasteiger partial charge is 0.308 e. The fraction of sp³-hybridized carbons (Fsp3) is 0.417. The van der Waals surface area contributed by atoms with E-state index < -0.39 is 0 Å².